The van der Waals surface area contributed by atoms with Crippen molar-refractivity contribution in [3.05, 3.63) is 0 Å². The molecule has 0 aromatic carbocycles. The second-order valence-corrected chi connectivity index (χ2v) is 0. The average Bonchev–Trinajstić information content (AvgIpc) is 0. The van der Waals surface area contributed by atoms with Gasteiger partial charge in [-0.1, -0.05) is 0 Å². The van der Waals surface area contributed by atoms with Crippen molar-refractivity contribution in [2.45, 2.75) is 0 Å². The third-order valence-electron chi connectivity index (χ3n) is 0. The topological polar surface area (TPSA) is 36.5 Å². The smallest absolute Gasteiger partial charge is 1.00 e. The Morgan fingerprint density at radius 3 is 0.500 bits per heavy atom. The Hall–Kier alpha value is 0.550. The summed E-state index contributed by atoms with van der Waals surface area (Å²) in [6.07, 6.45) is 0. The van der Waals surface area contributed by atoms with Crippen molar-refractivity contribution in [1.29, 1.82) is 0 Å². The van der Waals surface area contributed by atoms with E-state index >= 15 is 0 Å². The van der Waals surface area contributed by atoms with E-state index in [0.29, 0.717) is 0 Å². The van der Waals surface area contributed by atoms with E-state index in [0.717, 1.165) is 0 Å². The number of hydrogen-bond acceptors (Lipinski definition) is 0. The Morgan fingerprint density at radius 1 is 0.500 bits per heavy atom. The van der Waals surface area contributed by atoms with Crippen LogP contribution in [-0.2, 0) is 0 Å². The van der Waals surface area contributed by atoms with Gasteiger partial charge in [-0.25, -0.2) is 0 Å². The molecule has 0 saturated carbocycles. The zero-order valence-corrected chi connectivity index (χ0v) is 6.38. The van der Waals surface area contributed by atoms with Gasteiger partial charge in [0.25, 0.3) is 0 Å². The van der Waals surface area contributed by atoms with Crippen molar-refractivity contribution in [1.82, 2.24) is 6.15 Å². The summed E-state index contributed by atoms with van der Waals surface area (Å²) in [7, 11) is 0. The van der Waals surface area contributed by atoms with Crippen molar-refractivity contribution in [3.63, 3.8) is 0 Å². The van der Waals surface area contributed by atoms with Crippen molar-refractivity contribution in [2.24, 2.45) is 0 Å². The molecule has 1 nitrogen and oxygen atoms in total. The fraction of sp³-hybridized carbons (Fsp3) is 0. The van der Waals surface area contributed by atoms with E-state index in [4.69, 9.17) is 0 Å². The summed E-state index contributed by atoms with van der Waals surface area (Å²) < 4.78 is 0. The van der Waals surface area contributed by atoms with Crippen LogP contribution >= 0.6 is 0 Å². The van der Waals surface area contributed by atoms with Crippen molar-refractivity contribution >= 4 is 25.8 Å². The second kappa shape index (κ2) is 380. The summed E-state index contributed by atoms with van der Waals surface area (Å²) >= 11 is 0. The first-order chi connectivity index (χ1) is 0. The Bertz CT molecular complexity index is 7.51. The third kappa shape index (κ3) is 189. The van der Waals surface area contributed by atoms with Crippen molar-refractivity contribution in [2.75, 3.05) is 0 Å². The van der Waals surface area contributed by atoms with Crippen LogP contribution in [-0.4, -0.2) is 25.8 Å². The van der Waals surface area contributed by atoms with E-state index in [9.17, 15) is 0 Å². The van der Waals surface area contributed by atoms with Gasteiger partial charge >= 0.3 is 25.8 Å². The maximum atomic E-state index is 0. The molecule has 0 aromatic heterocycles. The minimum absolute atomic E-state index is 0. The zero-order valence-electron chi connectivity index (χ0n) is 3.09. The molecule has 0 rings (SSSR count). The first-order valence-corrected chi connectivity index (χ1v) is 0. The predicted octanol–water partition coefficient (Wildman–Crippen LogP) is -12.0. The molecule has 0 amide bonds. The van der Waals surface area contributed by atoms with Crippen LogP contribution in [0.4, 0.5) is 0 Å². The average molecular weight is 209 g/mol. The van der Waals surface area contributed by atoms with Gasteiger partial charge in [0.15, 0.2) is 0 Å². The molecule has 0 aliphatic carbocycles. The maximum absolute atomic E-state index is 0. The Labute approximate surface area is 51.3 Å². The molecule has 0 fully saturated rings. The molecular weight excluding hydrogens is 205 g/mol. The molecule has 0 atom stereocenters. The number of hydrogen-bond donors (Lipinski definition) is 1. The molecule has 0 radical (unpaired) electrons. The summed E-state index contributed by atoms with van der Waals surface area (Å²) in [5, 5.41) is 0. The molecule has 0 saturated heterocycles. The molecule has 40 valence electrons. The number of quaternary nitrogens is 1. The van der Waals surface area contributed by atoms with Gasteiger partial charge < -0.3 is 25.0 Å². The summed E-state index contributed by atoms with van der Waals surface area (Å²) in [5.74, 6) is 0. The van der Waals surface area contributed by atoms with E-state index in [-0.39, 0.29) is 50.8 Å². The molecule has 0 aliphatic rings. The van der Waals surface area contributed by atoms with Crippen LogP contribution in [0.3, 0.4) is 0 Å². The molecule has 0 heterocycles. The van der Waals surface area contributed by atoms with Crippen LogP contribution in [0.15, 0.2) is 0 Å². The largest absolute Gasteiger partial charge is 3.00 e. The van der Waals surface area contributed by atoms with Crippen molar-refractivity contribution < 1.29 is 18.8 Å². The van der Waals surface area contributed by atoms with Crippen molar-refractivity contribution in [3.8, 4) is 0 Å². The Morgan fingerprint density at radius 2 is 0.500 bits per heavy atom. The van der Waals surface area contributed by atoms with Gasteiger partial charge in [0.05, 0.1) is 0 Å². The van der Waals surface area contributed by atoms with E-state index in [1.807, 2.05) is 0 Å². The molecular formula is H4F4InN. The number of rotatable bonds is 0. The second-order valence-electron chi connectivity index (χ2n) is 0. The van der Waals surface area contributed by atoms with Crippen LogP contribution < -0.4 is 25.0 Å². The molecule has 0 bridgehead atoms. The molecule has 4 N–H and O–H groups in total. The van der Waals surface area contributed by atoms with E-state index in [1.165, 1.54) is 0 Å². The summed E-state index contributed by atoms with van der Waals surface area (Å²) in [5.41, 5.74) is 0. The van der Waals surface area contributed by atoms with Crippen LogP contribution in [0, 0.1) is 0 Å². The zero-order chi connectivity index (χ0) is 0. The van der Waals surface area contributed by atoms with E-state index < -0.39 is 0 Å². The van der Waals surface area contributed by atoms with Gasteiger partial charge in [-0.05, 0) is 0 Å². The first kappa shape index (κ1) is 667. The minimum atomic E-state index is 0. The quantitative estimate of drug-likeness (QED) is 0.384. The van der Waals surface area contributed by atoms with Gasteiger partial charge in [-0.15, -0.1) is 0 Å². The summed E-state index contributed by atoms with van der Waals surface area (Å²) in [6.45, 7) is 0. The first-order valence-electron chi connectivity index (χ1n) is 0. The van der Waals surface area contributed by atoms with Gasteiger partial charge in [-0.3, -0.25) is 0 Å². The SMILES string of the molecule is [F-].[F-].[F-].[F-].[In+3].[NH4+]. The standard InChI is InChI=1S/4FH.In.H3N/h4*1H;;1H3/q;;;;+3;/p-3. The van der Waals surface area contributed by atoms with Gasteiger partial charge in [0.2, 0.25) is 0 Å². The van der Waals surface area contributed by atoms with Crippen LogP contribution in [0.25, 0.3) is 0 Å². The summed E-state index contributed by atoms with van der Waals surface area (Å²) in [6, 6.07) is 0. The predicted molar refractivity (Wildman–Crippen MR) is 11.7 cm³/mol. The van der Waals surface area contributed by atoms with Crippen LogP contribution in [0.5, 0.6) is 0 Å². The molecule has 6 heteroatoms. The minimum Gasteiger partial charge on any atom is -1.00 e. The van der Waals surface area contributed by atoms with E-state index in [2.05, 4.69) is 0 Å². The van der Waals surface area contributed by atoms with Gasteiger partial charge in [-0.2, -0.15) is 0 Å². The summed E-state index contributed by atoms with van der Waals surface area (Å²) in [4.78, 5) is 0. The monoisotopic (exact) mass is 209 g/mol. The maximum Gasteiger partial charge on any atom is 3.00 e. The fourth-order valence-corrected chi connectivity index (χ4v) is 0. The normalized spacial score (nSPS) is 0. The third-order valence-corrected chi connectivity index (χ3v) is 0. The van der Waals surface area contributed by atoms with Gasteiger partial charge in [0, 0.05) is 0 Å². The fourth-order valence-electron chi connectivity index (χ4n) is 0. The van der Waals surface area contributed by atoms with Crippen LogP contribution in [0.1, 0.15) is 0 Å². The molecule has 0 spiro atoms. The molecule has 6 heavy (non-hydrogen) atoms. The van der Waals surface area contributed by atoms with Gasteiger partial charge in [0.1, 0.15) is 0 Å². The molecule has 0 aliphatic heterocycles. The number of halogens is 4. The van der Waals surface area contributed by atoms with Crippen LogP contribution in [0.2, 0.25) is 0 Å². The molecule has 0 unspecified atom stereocenters. The van der Waals surface area contributed by atoms with E-state index in [1.54, 1.807) is 0 Å². The molecule has 0 aromatic rings. The Balaban J connectivity index is 0. The Kier molecular flexibility index (Phi) is 42200.